The minimum atomic E-state index is -4.65. The molecule has 0 N–H and O–H groups in total. The molecule has 130 valence electrons. The third-order valence-corrected chi connectivity index (χ3v) is 4.62. The monoisotopic (exact) mass is 350 g/mol. The molecule has 0 bridgehead atoms. The molecule has 2 rings (SSSR count). The first kappa shape index (κ1) is 18.4. The maximum absolute atomic E-state index is 12.4. The molecule has 0 heterocycles. The first-order valence-electron chi connectivity index (χ1n) is 7.32. The van der Waals surface area contributed by atoms with Crippen molar-refractivity contribution in [3.63, 3.8) is 0 Å². The van der Waals surface area contributed by atoms with Crippen molar-refractivity contribution in [3.8, 4) is 0 Å². The normalized spacial score (nSPS) is 28.4. The molecule has 1 fully saturated rings. The molecule has 23 heavy (non-hydrogen) atoms. The number of hydroxylamine groups is 1. The zero-order valence-electron chi connectivity index (χ0n) is 13.1. The van der Waals surface area contributed by atoms with Crippen LogP contribution in [0, 0.1) is 16.5 Å². The van der Waals surface area contributed by atoms with Crippen LogP contribution in [-0.2, 0) is 9.53 Å². The first-order valence-corrected chi connectivity index (χ1v) is 8.10. The predicted octanol–water partition coefficient (Wildman–Crippen LogP) is 4.19. The van der Waals surface area contributed by atoms with E-state index in [1.54, 1.807) is 6.92 Å². The largest absolute Gasteiger partial charge is 0.775 e. The number of allylic oxidation sites excluding steroid dienone is 3. The summed E-state index contributed by atoms with van der Waals surface area (Å²) >= 11 is -0.772. The molecule has 2 aliphatic carbocycles. The van der Waals surface area contributed by atoms with Gasteiger partial charge in [0, 0.05) is 18.0 Å². The van der Waals surface area contributed by atoms with Gasteiger partial charge in [0.15, 0.2) is 0 Å². The molecule has 0 radical (unpaired) electrons. The van der Waals surface area contributed by atoms with Gasteiger partial charge in [-0.1, -0.05) is 19.1 Å². The van der Waals surface area contributed by atoms with E-state index in [2.05, 4.69) is 6.08 Å². The van der Waals surface area contributed by atoms with Crippen molar-refractivity contribution in [2.45, 2.75) is 45.2 Å². The molecular weight excluding hydrogens is 331 g/mol. The van der Waals surface area contributed by atoms with Gasteiger partial charge < -0.3 is 14.4 Å². The molecule has 2 aliphatic rings. The number of hydrogen-bond acceptors (Lipinski definition) is 5. The minimum Gasteiger partial charge on any atom is -0.775 e. The molecular formula is C15H19F3NO3S-. The number of alkyl halides is 3. The molecule has 0 spiro atoms. The van der Waals surface area contributed by atoms with Crippen molar-refractivity contribution < 1.29 is 22.7 Å². The van der Waals surface area contributed by atoms with Crippen molar-refractivity contribution in [2.75, 3.05) is 6.61 Å². The molecule has 8 heteroatoms. The Morgan fingerprint density at radius 2 is 2.22 bits per heavy atom. The molecule has 0 aromatic heterocycles. The van der Waals surface area contributed by atoms with Crippen LogP contribution in [0.1, 0.15) is 33.6 Å². The first-order chi connectivity index (χ1) is 10.5. The predicted molar refractivity (Wildman–Crippen MR) is 81.9 cm³/mol. The van der Waals surface area contributed by atoms with Crippen LogP contribution in [0.15, 0.2) is 23.3 Å². The van der Waals surface area contributed by atoms with E-state index in [1.165, 1.54) is 12.5 Å². The number of carbonyl (C=O) groups is 1. The summed E-state index contributed by atoms with van der Waals surface area (Å²) in [6.07, 6.45) is 5.47. The van der Waals surface area contributed by atoms with Crippen molar-refractivity contribution in [1.29, 1.82) is 0 Å². The molecule has 3 atom stereocenters. The molecule has 0 aromatic carbocycles. The van der Waals surface area contributed by atoms with E-state index in [1.807, 2.05) is 13.0 Å². The lowest BCUT2D eigenvalue weighted by molar-refractivity contribution is -0.153. The zero-order chi connectivity index (χ0) is 17.4. The van der Waals surface area contributed by atoms with Crippen LogP contribution < -0.4 is 0 Å². The van der Waals surface area contributed by atoms with Gasteiger partial charge in [-0.2, -0.15) is 13.2 Å². The Morgan fingerprint density at radius 3 is 2.83 bits per heavy atom. The lowest BCUT2D eigenvalue weighted by Gasteiger charge is -2.34. The average molecular weight is 350 g/mol. The number of carbonyl (C=O) groups excluding carboxylic acids is 1. The second kappa shape index (κ2) is 6.49. The molecule has 3 unspecified atom stereocenters. The molecule has 0 aliphatic heterocycles. The van der Waals surface area contributed by atoms with Crippen molar-refractivity contribution in [1.82, 2.24) is 4.47 Å². The van der Waals surface area contributed by atoms with Crippen molar-refractivity contribution in [2.24, 2.45) is 11.3 Å². The van der Waals surface area contributed by atoms with E-state index >= 15 is 0 Å². The van der Waals surface area contributed by atoms with E-state index in [9.17, 15) is 23.2 Å². The van der Waals surface area contributed by atoms with Crippen LogP contribution >= 0.6 is 11.9 Å². The standard InChI is InChI=1S/C15H19F3NO3S/c1-9-4-11-5-12(11)7-14(3,6-9)13(20)22-8-10(2)19(21)23-15(16,17)18/h4,7,9-10H,5-6,8H2,1-3H3/q-1. The summed E-state index contributed by atoms with van der Waals surface area (Å²) in [6.45, 7) is 4.68. The zero-order valence-corrected chi connectivity index (χ0v) is 14.0. The van der Waals surface area contributed by atoms with Gasteiger partial charge in [-0.25, -0.2) is 0 Å². The van der Waals surface area contributed by atoms with Crippen LogP contribution in [0.2, 0.25) is 0 Å². The fraction of sp³-hybridized carbons (Fsp3) is 0.667. The van der Waals surface area contributed by atoms with Gasteiger partial charge in [0.05, 0.1) is 5.41 Å². The van der Waals surface area contributed by atoms with Crippen LogP contribution in [0.5, 0.6) is 0 Å². The van der Waals surface area contributed by atoms with Gasteiger partial charge in [-0.05, 0) is 43.8 Å². The Hall–Kier alpha value is -0.990. The third kappa shape index (κ3) is 4.99. The number of fused-ring (bicyclic) bond motifs is 1. The third-order valence-electron chi connectivity index (χ3n) is 3.87. The van der Waals surface area contributed by atoms with E-state index in [-0.39, 0.29) is 17.0 Å². The minimum absolute atomic E-state index is 0.190. The van der Waals surface area contributed by atoms with Gasteiger partial charge >= 0.3 is 11.5 Å². The molecule has 0 aromatic rings. The molecule has 0 saturated heterocycles. The van der Waals surface area contributed by atoms with Gasteiger partial charge in [-0.3, -0.25) is 4.79 Å². The Kier molecular flexibility index (Phi) is 5.18. The number of nitrogens with zero attached hydrogens (tertiary/aromatic N) is 1. The average Bonchev–Trinajstić information content (AvgIpc) is 3.10. The molecule has 0 amide bonds. The number of rotatable bonds is 5. The van der Waals surface area contributed by atoms with E-state index in [0.717, 1.165) is 12.0 Å². The summed E-state index contributed by atoms with van der Waals surface area (Å²) in [7, 11) is 0. The maximum Gasteiger partial charge on any atom is 0.455 e. The molecule has 1 saturated carbocycles. The topological polar surface area (TPSA) is 52.6 Å². The molecule has 4 nitrogen and oxygen atoms in total. The van der Waals surface area contributed by atoms with Gasteiger partial charge in [-0.15, -0.1) is 0 Å². The van der Waals surface area contributed by atoms with Gasteiger partial charge in [0.2, 0.25) is 0 Å². The second-order valence-corrected chi connectivity index (χ2v) is 7.41. The number of hydrogen-bond donors (Lipinski definition) is 0. The summed E-state index contributed by atoms with van der Waals surface area (Å²) in [5.41, 5.74) is -3.09. The van der Waals surface area contributed by atoms with E-state index in [4.69, 9.17) is 4.74 Å². The van der Waals surface area contributed by atoms with Gasteiger partial charge in [0.25, 0.3) is 0 Å². The smallest absolute Gasteiger partial charge is 0.455 e. The lowest BCUT2D eigenvalue weighted by Crippen LogP contribution is -2.35. The summed E-state index contributed by atoms with van der Waals surface area (Å²) in [4.78, 5) is 12.4. The Labute approximate surface area is 137 Å². The van der Waals surface area contributed by atoms with Crippen LogP contribution in [0.4, 0.5) is 13.2 Å². The number of halogens is 3. The summed E-state index contributed by atoms with van der Waals surface area (Å²) < 4.78 is 41.4. The fourth-order valence-corrected chi connectivity index (χ4v) is 3.19. The van der Waals surface area contributed by atoms with Crippen molar-refractivity contribution >= 4 is 17.9 Å². The maximum atomic E-state index is 12.4. The summed E-state index contributed by atoms with van der Waals surface area (Å²) in [5, 5.41) is 11.3. The summed E-state index contributed by atoms with van der Waals surface area (Å²) in [6, 6.07) is -1.08. The fourth-order valence-electron chi connectivity index (χ4n) is 2.74. The quantitative estimate of drug-likeness (QED) is 0.423. The van der Waals surface area contributed by atoms with Gasteiger partial charge in [0.1, 0.15) is 6.61 Å². The summed E-state index contributed by atoms with van der Waals surface area (Å²) in [5.74, 6) is -0.288. The SMILES string of the molecule is CC1C=C2CC2=CC(C)(C(=O)OCC(C)N([O-])SC(F)(F)F)C1. The van der Waals surface area contributed by atoms with E-state index < -0.39 is 34.9 Å². The Bertz CT molecular complexity index is 547. The highest BCUT2D eigenvalue weighted by Gasteiger charge is 2.40. The highest BCUT2D eigenvalue weighted by atomic mass is 32.2. The number of ether oxygens (including phenoxy) is 1. The Morgan fingerprint density at radius 1 is 1.57 bits per heavy atom. The van der Waals surface area contributed by atoms with E-state index in [0.29, 0.717) is 6.42 Å². The van der Waals surface area contributed by atoms with Crippen LogP contribution in [0.25, 0.3) is 0 Å². The highest BCUT2D eigenvalue weighted by Crippen LogP contribution is 2.46. The van der Waals surface area contributed by atoms with Crippen LogP contribution in [0.3, 0.4) is 0 Å². The highest BCUT2D eigenvalue weighted by molar-refractivity contribution is 7.97. The second-order valence-electron chi connectivity index (χ2n) is 6.41. The van der Waals surface area contributed by atoms with Crippen LogP contribution in [-0.4, -0.2) is 28.6 Å². The number of esters is 1. The van der Waals surface area contributed by atoms with Crippen molar-refractivity contribution in [3.05, 3.63) is 28.5 Å². The Balaban J connectivity index is 1.91. The lowest BCUT2D eigenvalue weighted by atomic mass is 9.81.